The lowest BCUT2D eigenvalue weighted by Gasteiger charge is -2.24. The van der Waals surface area contributed by atoms with Crippen LogP contribution in [0.1, 0.15) is 32.1 Å². The Kier molecular flexibility index (Phi) is 10.8. The molecule has 2 heterocycles. The summed E-state index contributed by atoms with van der Waals surface area (Å²) in [6.07, 6.45) is -1.67. The van der Waals surface area contributed by atoms with Gasteiger partial charge in [-0.1, -0.05) is 6.42 Å². The molecular formula is C16H30N4O11S3. The summed E-state index contributed by atoms with van der Waals surface area (Å²) >= 11 is 1.76. The minimum Gasteiger partial charge on any atom is -0.391 e. The zero-order valence-corrected chi connectivity index (χ0v) is 20.4. The predicted molar refractivity (Wildman–Crippen MR) is 120 cm³/mol. The maximum Gasteiger partial charge on any atom is 0.397 e. The number of urea groups is 1. The number of nitrogens with one attached hydrogen (secondary N) is 4. The first-order valence-electron chi connectivity index (χ1n) is 10.4. The molecule has 8 N–H and O–H groups in total. The molecule has 0 radical (unpaired) electrons. The highest BCUT2D eigenvalue weighted by atomic mass is 32.3. The van der Waals surface area contributed by atoms with Crippen LogP contribution >= 0.6 is 11.8 Å². The van der Waals surface area contributed by atoms with Crippen LogP contribution in [0.5, 0.6) is 0 Å². The number of rotatable bonds is 15. The third-order valence-electron chi connectivity index (χ3n) is 5.29. The second kappa shape index (κ2) is 12.6. The Morgan fingerprint density at radius 1 is 1.18 bits per heavy atom. The third-order valence-corrected chi connectivity index (χ3v) is 7.83. The Balaban J connectivity index is 1.73. The van der Waals surface area contributed by atoms with Gasteiger partial charge in [-0.3, -0.25) is 13.9 Å². The highest BCUT2D eigenvalue weighted by molar-refractivity contribution is 8.00. The first kappa shape index (κ1) is 29.0. The van der Waals surface area contributed by atoms with E-state index in [9.17, 15) is 36.6 Å². The van der Waals surface area contributed by atoms with Crippen molar-refractivity contribution in [1.82, 2.24) is 20.7 Å². The van der Waals surface area contributed by atoms with Gasteiger partial charge in [-0.15, -0.1) is 0 Å². The number of aliphatic hydroxyl groups is 2. The molecule has 34 heavy (non-hydrogen) atoms. The van der Waals surface area contributed by atoms with E-state index < -0.39 is 64.4 Å². The molecule has 18 heteroatoms. The second-order valence-corrected chi connectivity index (χ2v) is 11.6. The van der Waals surface area contributed by atoms with Crippen LogP contribution in [-0.4, -0.2) is 103 Å². The molecule has 198 valence electrons. The topological polar surface area (TPSA) is 241 Å². The van der Waals surface area contributed by atoms with Crippen molar-refractivity contribution in [2.24, 2.45) is 0 Å². The standard InChI is InChI=1S/C16H30N4O11S3/c21-9(7-31-34(28,29)30)5-12(22)10(20-33(25,26)27)6-17-14(23)4-2-1-3-13-15-11(8-32-13)18-16(24)19-15/h9-13,15,20-22H,1-8H2,(H,17,23)(H2,18,19,24)(H,25,26,27)(H,28,29,30)/t9?,10?,11-,12?,13?,15-/m0/s1. The minimum absolute atomic E-state index is 0.0679. The smallest absolute Gasteiger partial charge is 0.391 e. The number of hydrogen-bond acceptors (Lipinski definition) is 10. The van der Waals surface area contributed by atoms with Gasteiger partial charge in [0.25, 0.3) is 0 Å². The number of aliphatic hydroxyl groups excluding tert-OH is 2. The third kappa shape index (κ3) is 10.6. The van der Waals surface area contributed by atoms with Gasteiger partial charge >= 0.3 is 26.7 Å². The molecule has 0 aliphatic carbocycles. The van der Waals surface area contributed by atoms with Gasteiger partial charge in [0.2, 0.25) is 5.91 Å². The summed E-state index contributed by atoms with van der Waals surface area (Å²) in [5.74, 6) is 0.396. The van der Waals surface area contributed by atoms with E-state index in [1.165, 1.54) is 0 Å². The van der Waals surface area contributed by atoms with Gasteiger partial charge in [0, 0.05) is 30.4 Å². The van der Waals surface area contributed by atoms with E-state index in [4.69, 9.17) is 9.11 Å². The van der Waals surface area contributed by atoms with Crippen molar-refractivity contribution < 1.29 is 49.9 Å². The molecule has 0 spiro atoms. The molecule has 0 saturated carbocycles. The molecule has 15 nitrogen and oxygen atoms in total. The van der Waals surface area contributed by atoms with Crippen molar-refractivity contribution in [2.45, 2.75) is 67.7 Å². The molecule has 6 atom stereocenters. The average Bonchev–Trinajstić information content (AvgIpc) is 3.24. The molecule has 0 aromatic carbocycles. The number of fused-ring (bicyclic) bond motifs is 1. The van der Waals surface area contributed by atoms with Gasteiger partial charge in [-0.2, -0.15) is 33.3 Å². The Bertz CT molecular complexity index is 917. The first-order chi connectivity index (χ1) is 15.7. The minimum atomic E-state index is -4.82. The fourth-order valence-corrected chi connectivity index (χ4v) is 6.21. The molecule has 0 bridgehead atoms. The number of hydrogen-bond donors (Lipinski definition) is 8. The van der Waals surface area contributed by atoms with Gasteiger partial charge in [-0.25, -0.2) is 8.98 Å². The van der Waals surface area contributed by atoms with Crippen molar-refractivity contribution in [1.29, 1.82) is 0 Å². The molecule has 2 saturated heterocycles. The predicted octanol–water partition coefficient (Wildman–Crippen LogP) is -2.48. The lowest BCUT2D eigenvalue weighted by atomic mass is 10.0. The van der Waals surface area contributed by atoms with Crippen LogP contribution in [0.2, 0.25) is 0 Å². The SMILES string of the molecule is O=C(CCCCC1SC[C@@H]2NC(=O)N[C@H]12)NCC(NS(=O)(=O)O)C(O)CC(O)COS(=O)(=O)O. The van der Waals surface area contributed by atoms with Crippen molar-refractivity contribution >= 4 is 44.4 Å². The molecular weight excluding hydrogens is 520 g/mol. The van der Waals surface area contributed by atoms with E-state index in [2.05, 4.69) is 20.1 Å². The number of amides is 3. The maximum absolute atomic E-state index is 12.1. The van der Waals surface area contributed by atoms with Gasteiger partial charge in [-0.05, 0) is 12.8 Å². The number of thioether (sulfide) groups is 1. The van der Waals surface area contributed by atoms with Crippen LogP contribution in [0.4, 0.5) is 4.79 Å². The van der Waals surface area contributed by atoms with E-state index in [0.717, 1.165) is 18.6 Å². The fourth-order valence-electron chi connectivity index (χ4n) is 3.71. The van der Waals surface area contributed by atoms with Gasteiger partial charge in [0.05, 0.1) is 36.9 Å². The average molecular weight is 551 g/mol. The molecule has 2 aliphatic rings. The van der Waals surface area contributed by atoms with Crippen LogP contribution in [0, 0.1) is 0 Å². The van der Waals surface area contributed by atoms with E-state index >= 15 is 0 Å². The molecule has 0 aromatic rings. The van der Waals surface area contributed by atoms with Gasteiger partial charge < -0.3 is 26.2 Å². The monoisotopic (exact) mass is 550 g/mol. The zero-order chi connectivity index (χ0) is 25.5. The number of unbranched alkanes of at least 4 members (excludes halogenated alkanes) is 1. The summed E-state index contributed by atoms with van der Waals surface area (Å²) in [6, 6.07) is -1.43. The molecule has 0 aromatic heterocycles. The Hall–Kier alpha value is -1.25. The summed E-state index contributed by atoms with van der Waals surface area (Å²) < 4.78 is 66.6. The summed E-state index contributed by atoms with van der Waals surface area (Å²) in [6.45, 7) is -1.33. The van der Waals surface area contributed by atoms with E-state index in [0.29, 0.717) is 6.42 Å². The van der Waals surface area contributed by atoms with Crippen LogP contribution in [-0.2, 0) is 29.7 Å². The van der Waals surface area contributed by atoms with Crippen LogP contribution < -0.4 is 20.7 Å². The lowest BCUT2D eigenvalue weighted by molar-refractivity contribution is -0.121. The second-order valence-electron chi connectivity index (χ2n) is 8.04. The van der Waals surface area contributed by atoms with Gasteiger partial charge in [0.1, 0.15) is 0 Å². The fraction of sp³-hybridized carbons (Fsp3) is 0.875. The quantitative estimate of drug-likeness (QED) is 0.0600. The molecule has 4 unspecified atom stereocenters. The summed E-state index contributed by atoms with van der Waals surface area (Å²) in [5.41, 5.74) is 0. The van der Waals surface area contributed by atoms with E-state index in [1.807, 2.05) is 0 Å². The summed E-state index contributed by atoms with van der Waals surface area (Å²) in [7, 11) is -9.60. The van der Waals surface area contributed by atoms with Crippen molar-refractivity contribution in [3.05, 3.63) is 0 Å². The zero-order valence-electron chi connectivity index (χ0n) is 18.0. The van der Waals surface area contributed by atoms with E-state index in [-0.39, 0.29) is 29.8 Å². The largest absolute Gasteiger partial charge is 0.397 e. The number of carbonyl (C=O) groups is 2. The first-order valence-corrected chi connectivity index (χ1v) is 14.3. The van der Waals surface area contributed by atoms with Crippen molar-refractivity contribution in [3.8, 4) is 0 Å². The molecule has 2 fully saturated rings. The summed E-state index contributed by atoms with van der Waals surface area (Å²) in [4.78, 5) is 23.5. The Morgan fingerprint density at radius 2 is 1.88 bits per heavy atom. The molecule has 2 rings (SSSR count). The lowest BCUT2D eigenvalue weighted by Crippen LogP contribution is -2.51. The molecule has 2 aliphatic heterocycles. The summed E-state index contributed by atoms with van der Waals surface area (Å²) in [5, 5.41) is 28.3. The van der Waals surface area contributed by atoms with Crippen LogP contribution in [0.25, 0.3) is 0 Å². The number of carbonyl (C=O) groups excluding carboxylic acids is 2. The Morgan fingerprint density at radius 3 is 2.53 bits per heavy atom. The van der Waals surface area contributed by atoms with E-state index in [1.54, 1.807) is 16.5 Å². The van der Waals surface area contributed by atoms with Crippen LogP contribution in [0.15, 0.2) is 0 Å². The highest BCUT2D eigenvalue weighted by Crippen LogP contribution is 2.33. The Labute approximate surface area is 201 Å². The van der Waals surface area contributed by atoms with Crippen LogP contribution in [0.3, 0.4) is 0 Å². The van der Waals surface area contributed by atoms with Crippen molar-refractivity contribution in [2.75, 3.05) is 18.9 Å². The molecule has 3 amide bonds. The van der Waals surface area contributed by atoms with Gasteiger partial charge in [0.15, 0.2) is 0 Å². The normalized spacial score (nSPS) is 25.2. The van der Waals surface area contributed by atoms with Crippen molar-refractivity contribution in [3.63, 3.8) is 0 Å². The highest BCUT2D eigenvalue weighted by Gasteiger charge is 2.42. The maximum atomic E-state index is 12.1.